The summed E-state index contributed by atoms with van der Waals surface area (Å²) < 4.78 is 15.9. The van der Waals surface area contributed by atoms with Crippen LogP contribution in [0.5, 0.6) is 0 Å². The fourth-order valence-electron chi connectivity index (χ4n) is 3.34. The third-order valence-corrected chi connectivity index (χ3v) is 5.04. The molecule has 10 heteroatoms. The van der Waals surface area contributed by atoms with Crippen molar-refractivity contribution in [2.75, 3.05) is 18.1 Å². The Balaban J connectivity index is 1.76. The maximum atomic E-state index is 14.1. The van der Waals surface area contributed by atoms with Gasteiger partial charge in [-0.05, 0) is 23.8 Å². The van der Waals surface area contributed by atoms with Crippen LogP contribution in [0.2, 0.25) is 5.02 Å². The molecule has 0 saturated carbocycles. The normalized spacial score (nSPS) is 11.3. The first kappa shape index (κ1) is 18.2. The molecular formula is C20H14ClFN8. The van der Waals surface area contributed by atoms with Crippen LogP contribution in [0.3, 0.4) is 0 Å². The Bertz CT molecular complexity index is 1410. The number of nitrogens with zero attached hydrogens (tertiary/aromatic N) is 6. The Hall–Kier alpha value is -3.85. The van der Waals surface area contributed by atoms with E-state index in [4.69, 9.17) is 17.3 Å². The van der Waals surface area contributed by atoms with Gasteiger partial charge in [-0.25, -0.2) is 14.4 Å². The Morgan fingerprint density at radius 2 is 1.80 bits per heavy atom. The molecule has 0 saturated heterocycles. The molecule has 0 aliphatic carbocycles. The summed E-state index contributed by atoms with van der Waals surface area (Å²) in [5, 5.41) is 12.1. The maximum absolute atomic E-state index is 14.1. The Morgan fingerprint density at radius 3 is 2.57 bits per heavy atom. The van der Waals surface area contributed by atoms with E-state index in [1.54, 1.807) is 29.9 Å². The van der Waals surface area contributed by atoms with Gasteiger partial charge in [0.15, 0.2) is 5.82 Å². The molecule has 8 nitrogen and oxygen atoms in total. The van der Waals surface area contributed by atoms with Crippen LogP contribution in [0.25, 0.3) is 39.2 Å². The minimum atomic E-state index is -0.526. The molecule has 0 aliphatic rings. The highest BCUT2D eigenvalue weighted by molar-refractivity contribution is 6.31. The van der Waals surface area contributed by atoms with E-state index in [1.807, 2.05) is 24.3 Å². The van der Waals surface area contributed by atoms with Crippen molar-refractivity contribution in [1.29, 1.82) is 0 Å². The van der Waals surface area contributed by atoms with Crippen molar-refractivity contribution >= 4 is 40.0 Å². The summed E-state index contributed by atoms with van der Waals surface area (Å²) in [5.41, 5.74) is 8.70. The zero-order chi connectivity index (χ0) is 20.8. The van der Waals surface area contributed by atoms with Crippen LogP contribution in [-0.4, -0.2) is 36.6 Å². The van der Waals surface area contributed by atoms with Crippen molar-refractivity contribution in [3.8, 4) is 22.5 Å². The van der Waals surface area contributed by atoms with Gasteiger partial charge in [0.05, 0.1) is 10.5 Å². The van der Waals surface area contributed by atoms with Gasteiger partial charge in [-0.1, -0.05) is 29.8 Å². The number of nitrogens with one attached hydrogen (secondary N) is 1. The first-order valence-corrected chi connectivity index (χ1v) is 9.33. The number of aromatic nitrogens is 6. The van der Waals surface area contributed by atoms with E-state index in [0.29, 0.717) is 28.3 Å². The van der Waals surface area contributed by atoms with Gasteiger partial charge in [0.1, 0.15) is 11.6 Å². The highest BCUT2D eigenvalue weighted by Crippen LogP contribution is 2.31. The van der Waals surface area contributed by atoms with Crippen LogP contribution >= 0.6 is 11.6 Å². The summed E-state index contributed by atoms with van der Waals surface area (Å²) in [6, 6.07) is 10.6. The van der Waals surface area contributed by atoms with Crippen LogP contribution < -0.4 is 11.1 Å². The number of anilines is 2. The average Bonchev–Trinajstić information content (AvgIpc) is 3.19. The second-order valence-electron chi connectivity index (χ2n) is 6.56. The van der Waals surface area contributed by atoms with E-state index in [0.717, 1.165) is 16.7 Å². The van der Waals surface area contributed by atoms with Gasteiger partial charge in [0.25, 0.3) is 5.78 Å². The number of rotatable bonds is 3. The van der Waals surface area contributed by atoms with Crippen LogP contribution in [0, 0.1) is 5.82 Å². The largest absolute Gasteiger partial charge is 0.372 e. The molecule has 3 N–H and O–H groups in total. The molecule has 0 spiro atoms. The second kappa shape index (κ2) is 6.89. The predicted octanol–water partition coefficient (Wildman–Crippen LogP) is 3.82. The fraction of sp³-hybridized carbons (Fsp3) is 0.0500. The summed E-state index contributed by atoms with van der Waals surface area (Å²) in [4.78, 5) is 12.5. The molecule has 0 unspecified atom stereocenters. The number of hydrogen-bond donors (Lipinski definition) is 2. The maximum Gasteiger partial charge on any atom is 0.257 e. The molecule has 5 aromatic rings. The summed E-state index contributed by atoms with van der Waals surface area (Å²) in [7, 11) is 1.71. The van der Waals surface area contributed by atoms with Gasteiger partial charge in [-0.15, -0.1) is 10.2 Å². The Morgan fingerprint density at radius 1 is 1.03 bits per heavy atom. The Labute approximate surface area is 174 Å². The van der Waals surface area contributed by atoms with E-state index < -0.39 is 5.82 Å². The lowest BCUT2D eigenvalue weighted by atomic mass is 10.1. The van der Waals surface area contributed by atoms with Gasteiger partial charge in [0, 0.05) is 36.0 Å². The quantitative estimate of drug-likeness (QED) is 0.457. The molecule has 148 valence electrons. The standard InChI is InChI=1S/C20H14ClFN8/c1-24-17-13-6-15(22)14(21)7-16(13)30-18(28-29-20(30)27-17)11-4-2-3-10(5-11)12-8-25-19(23)26-9-12/h2-9H,1H3,(H2,23,25,26)(H,24,27,29). The van der Waals surface area contributed by atoms with Crippen LogP contribution in [-0.2, 0) is 0 Å². The fourth-order valence-corrected chi connectivity index (χ4v) is 3.50. The topological polar surface area (TPSA) is 107 Å². The van der Waals surface area contributed by atoms with Gasteiger partial charge >= 0.3 is 0 Å². The van der Waals surface area contributed by atoms with Crippen molar-refractivity contribution in [3.63, 3.8) is 0 Å². The lowest BCUT2D eigenvalue weighted by molar-refractivity contribution is 0.630. The van der Waals surface area contributed by atoms with Gasteiger partial charge in [0.2, 0.25) is 5.95 Å². The van der Waals surface area contributed by atoms with E-state index in [2.05, 4.69) is 30.5 Å². The molecule has 0 bridgehead atoms. The predicted molar refractivity (Wildman–Crippen MR) is 114 cm³/mol. The number of benzene rings is 2. The lowest BCUT2D eigenvalue weighted by Gasteiger charge is -2.10. The smallest absolute Gasteiger partial charge is 0.257 e. The van der Waals surface area contributed by atoms with E-state index in [-0.39, 0.29) is 11.0 Å². The monoisotopic (exact) mass is 420 g/mol. The summed E-state index contributed by atoms with van der Waals surface area (Å²) >= 11 is 6.07. The van der Waals surface area contributed by atoms with E-state index in [9.17, 15) is 4.39 Å². The zero-order valence-electron chi connectivity index (χ0n) is 15.6. The van der Waals surface area contributed by atoms with Crippen molar-refractivity contribution < 1.29 is 4.39 Å². The molecule has 30 heavy (non-hydrogen) atoms. The summed E-state index contributed by atoms with van der Waals surface area (Å²) in [5.74, 6) is 1.08. The van der Waals surface area contributed by atoms with E-state index >= 15 is 0 Å². The summed E-state index contributed by atoms with van der Waals surface area (Å²) in [6.07, 6.45) is 3.31. The minimum absolute atomic E-state index is 0.00415. The minimum Gasteiger partial charge on any atom is -0.372 e. The number of nitrogens with two attached hydrogens (primary N) is 1. The third kappa shape index (κ3) is 2.87. The number of halogens is 2. The SMILES string of the molecule is CNc1nc2nnc(-c3cccc(-c4cnc(N)nc4)c3)n2c2cc(Cl)c(F)cc12. The molecule has 2 aromatic carbocycles. The molecule has 0 amide bonds. The van der Waals surface area contributed by atoms with Gasteiger partial charge in [-0.2, -0.15) is 4.98 Å². The van der Waals surface area contributed by atoms with Gasteiger partial charge in [-0.3, -0.25) is 4.40 Å². The van der Waals surface area contributed by atoms with Crippen molar-refractivity contribution in [1.82, 2.24) is 29.5 Å². The first-order valence-electron chi connectivity index (χ1n) is 8.95. The molecule has 0 radical (unpaired) electrons. The van der Waals surface area contributed by atoms with Crippen molar-refractivity contribution in [3.05, 3.63) is 59.6 Å². The first-order chi connectivity index (χ1) is 14.5. The molecule has 3 aromatic heterocycles. The van der Waals surface area contributed by atoms with Crippen molar-refractivity contribution in [2.45, 2.75) is 0 Å². The highest BCUT2D eigenvalue weighted by Gasteiger charge is 2.17. The molecule has 0 aliphatic heterocycles. The highest BCUT2D eigenvalue weighted by atomic mass is 35.5. The van der Waals surface area contributed by atoms with Crippen LogP contribution in [0.1, 0.15) is 0 Å². The number of fused-ring (bicyclic) bond motifs is 3. The summed E-state index contributed by atoms with van der Waals surface area (Å²) in [6.45, 7) is 0. The number of nitrogen functional groups attached to an aromatic ring is 1. The van der Waals surface area contributed by atoms with Crippen LogP contribution in [0.4, 0.5) is 16.2 Å². The van der Waals surface area contributed by atoms with Crippen molar-refractivity contribution in [2.24, 2.45) is 0 Å². The molecule has 3 heterocycles. The average molecular weight is 421 g/mol. The molecule has 0 fully saturated rings. The third-order valence-electron chi connectivity index (χ3n) is 4.76. The molecular weight excluding hydrogens is 407 g/mol. The molecule has 5 rings (SSSR count). The van der Waals surface area contributed by atoms with Crippen LogP contribution in [0.15, 0.2) is 48.8 Å². The second-order valence-corrected chi connectivity index (χ2v) is 6.97. The lowest BCUT2D eigenvalue weighted by Crippen LogP contribution is -2.01. The zero-order valence-corrected chi connectivity index (χ0v) is 16.4. The Kier molecular flexibility index (Phi) is 4.18. The number of hydrogen-bond acceptors (Lipinski definition) is 7. The molecule has 0 atom stereocenters. The van der Waals surface area contributed by atoms with E-state index in [1.165, 1.54) is 6.07 Å². The van der Waals surface area contributed by atoms with Gasteiger partial charge < -0.3 is 11.1 Å².